The molecule has 2 heterocycles. The summed E-state index contributed by atoms with van der Waals surface area (Å²) >= 11 is 5.85. The fourth-order valence-corrected chi connectivity index (χ4v) is 2.54. The van der Waals surface area contributed by atoms with E-state index in [-0.39, 0.29) is 11.1 Å². The lowest BCUT2D eigenvalue weighted by molar-refractivity contribution is -0.384. The van der Waals surface area contributed by atoms with E-state index >= 15 is 0 Å². The van der Waals surface area contributed by atoms with E-state index in [0.29, 0.717) is 11.0 Å². The summed E-state index contributed by atoms with van der Waals surface area (Å²) in [6.07, 6.45) is 2.14. The Morgan fingerprint density at radius 2 is 2.22 bits per heavy atom. The van der Waals surface area contributed by atoms with Crippen molar-refractivity contribution in [2.24, 2.45) is 5.41 Å². The number of halogens is 1. The molecule has 2 rings (SSSR count). The molecule has 0 bridgehead atoms. The van der Waals surface area contributed by atoms with E-state index in [2.05, 4.69) is 18.8 Å². The van der Waals surface area contributed by atoms with Crippen molar-refractivity contribution in [1.82, 2.24) is 4.98 Å². The van der Waals surface area contributed by atoms with Crippen molar-refractivity contribution < 1.29 is 4.92 Å². The Morgan fingerprint density at radius 1 is 1.50 bits per heavy atom. The summed E-state index contributed by atoms with van der Waals surface area (Å²) in [5.74, 6) is 0.389. The predicted molar refractivity (Wildman–Crippen MR) is 71.1 cm³/mol. The molecule has 0 radical (unpaired) electrons. The minimum absolute atomic E-state index is 0.0251. The van der Waals surface area contributed by atoms with Crippen molar-refractivity contribution in [3.05, 3.63) is 27.4 Å². The number of aromatic nitrogens is 1. The molecule has 98 valence electrons. The predicted octanol–water partition coefficient (Wildman–Crippen LogP) is 3.27. The zero-order chi connectivity index (χ0) is 13.3. The summed E-state index contributed by atoms with van der Waals surface area (Å²) < 4.78 is 0. The lowest BCUT2D eigenvalue weighted by Crippen LogP contribution is -2.40. The lowest BCUT2D eigenvalue weighted by Gasteiger charge is -2.38. The third-order valence-corrected chi connectivity index (χ3v) is 3.43. The average Bonchev–Trinajstić information content (AvgIpc) is 2.27. The van der Waals surface area contributed by atoms with Gasteiger partial charge in [0.2, 0.25) is 5.82 Å². The molecule has 18 heavy (non-hydrogen) atoms. The molecule has 1 aliphatic rings. The van der Waals surface area contributed by atoms with Gasteiger partial charge in [-0.15, -0.1) is 0 Å². The van der Waals surface area contributed by atoms with E-state index in [4.69, 9.17) is 11.6 Å². The van der Waals surface area contributed by atoms with Gasteiger partial charge in [0.1, 0.15) is 5.15 Å². The van der Waals surface area contributed by atoms with Crippen LogP contribution in [0.1, 0.15) is 26.7 Å². The number of hydrogen-bond acceptors (Lipinski definition) is 4. The molecule has 1 saturated heterocycles. The molecule has 6 heteroatoms. The average molecular weight is 270 g/mol. The summed E-state index contributed by atoms with van der Waals surface area (Å²) in [6.45, 7) is 5.88. The topological polar surface area (TPSA) is 59.3 Å². The molecule has 1 aromatic heterocycles. The van der Waals surface area contributed by atoms with Gasteiger partial charge in [-0.05, 0) is 24.3 Å². The fraction of sp³-hybridized carbons (Fsp3) is 0.583. The number of piperidine rings is 1. The van der Waals surface area contributed by atoms with Crippen LogP contribution >= 0.6 is 11.6 Å². The molecule has 0 spiro atoms. The van der Waals surface area contributed by atoms with Crippen LogP contribution in [0, 0.1) is 15.5 Å². The molecule has 0 aromatic carbocycles. The molecule has 1 aliphatic heterocycles. The van der Waals surface area contributed by atoms with Crippen LogP contribution in [0.2, 0.25) is 5.15 Å². The van der Waals surface area contributed by atoms with E-state index in [0.717, 1.165) is 25.9 Å². The number of pyridine rings is 1. The highest BCUT2D eigenvalue weighted by molar-refractivity contribution is 6.29. The Kier molecular flexibility index (Phi) is 3.43. The Balaban J connectivity index is 2.37. The fourth-order valence-electron chi connectivity index (χ4n) is 2.40. The second-order valence-electron chi connectivity index (χ2n) is 5.42. The molecule has 0 aliphatic carbocycles. The standard InChI is InChI=1S/C12H16ClN3O2/c1-12(2)6-3-7-15(8-12)11-9(16(17)18)4-5-10(13)14-11/h4-5H,3,6-8H2,1-2H3. The highest BCUT2D eigenvalue weighted by Crippen LogP contribution is 2.35. The maximum absolute atomic E-state index is 11.0. The molecule has 0 saturated carbocycles. The zero-order valence-electron chi connectivity index (χ0n) is 10.5. The van der Waals surface area contributed by atoms with Crippen LogP contribution in [0.3, 0.4) is 0 Å². The van der Waals surface area contributed by atoms with Gasteiger partial charge in [-0.25, -0.2) is 4.98 Å². The quantitative estimate of drug-likeness (QED) is 0.470. The second-order valence-corrected chi connectivity index (χ2v) is 5.81. The Bertz CT molecular complexity index is 476. The number of nitro groups is 1. The van der Waals surface area contributed by atoms with Gasteiger partial charge in [0, 0.05) is 19.2 Å². The summed E-state index contributed by atoms with van der Waals surface area (Å²) in [6, 6.07) is 2.88. The monoisotopic (exact) mass is 269 g/mol. The molecule has 1 aromatic rings. The van der Waals surface area contributed by atoms with E-state index in [1.54, 1.807) is 0 Å². The zero-order valence-corrected chi connectivity index (χ0v) is 11.3. The minimum Gasteiger partial charge on any atom is -0.350 e. The van der Waals surface area contributed by atoms with E-state index in [1.165, 1.54) is 12.1 Å². The molecule has 0 atom stereocenters. The van der Waals surface area contributed by atoms with Gasteiger partial charge in [0.05, 0.1) is 4.92 Å². The van der Waals surface area contributed by atoms with Crippen molar-refractivity contribution in [1.29, 1.82) is 0 Å². The molecule has 0 amide bonds. The molecule has 1 fully saturated rings. The Hall–Kier alpha value is -1.36. The number of anilines is 1. The van der Waals surface area contributed by atoms with Crippen LogP contribution in [0.4, 0.5) is 11.5 Å². The van der Waals surface area contributed by atoms with E-state index in [1.807, 2.05) is 4.90 Å². The van der Waals surface area contributed by atoms with Crippen molar-refractivity contribution in [2.45, 2.75) is 26.7 Å². The molecule has 0 N–H and O–H groups in total. The van der Waals surface area contributed by atoms with Gasteiger partial charge in [-0.1, -0.05) is 25.4 Å². The first-order valence-corrected chi connectivity index (χ1v) is 6.33. The molecular weight excluding hydrogens is 254 g/mol. The smallest absolute Gasteiger partial charge is 0.311 e. The van der Waals surface area contributed by atoms with Crippen molar-refractivity contribution in [3.63, 3.8) is 0 Å². The minimum atomic E-state index is -0.403. The first-order valence-electron chi connectivity index (χ1n) is 5.95. The van der Waals surface area contributed by atoms with Crippen LogP contribution in [0.15, 0.2) is 12.1 Å². The van der Waals surface area contributed by atoms with Crippen LogP contribution < -0.4 is 4.90 Å². The third kappa shape index (κ3) is 2.72. The largest absolute Gasteiger partial charge is 0.350 e. The lowest BCUT2D eigenvalue weighted by atomic mass is 9.84. The van der Waals surface area contributed by atoms with Crippen molar-refractivity contribution in [3.8, 4) is 0 Å². The summed E-state index contributed by atoms with van der Waals surface area (Å²) in [5, 5.41) is 11.3. The van der Waals surface area contributed by atoms with Crippen molar-refractivity contribution >= 4 is 23.1 Å². The molecule has 0 unspecified atom stereocenters. The summed E-state index contributed by atoms with van der Waals surface area (Å²) in [4.78, 5) is 16.7. The van der Waals surface area contributed by atoms with Gasteiger partial charge in [0.15, 0.2) is 0 Å². The first-order chi connectivity index (χ1) is 8.39. The maximum atomic E-state index is 11.0. The van der Waals surface area contributed by atoms with Gasteiger partial charge in [-0.2, -0.15) is 0 Å². The van der Waals surface area contributed by atoms with Gasteiger partial charge >= 0.3 is 5.69 Å². The van der Waals surface area contributed by atoms with E-state index < -0.39 is 4.92 Å². The van der Waals surface area contributed by atoms with Crippen LogP contribution in [-0.2, 0) is 0 Å². The molecular formula is C12H16ClN3O2. The van der Waals surface area contributed by atoms with Crippen molar-refractivity contribution in [2.75, 3.05) is 18.0 Å². The number of hydrogen-bond donors (Lipinski definition) is 0. The SMILES string of the molecule is CC1(C)CCCN(c2nc(Cl)ccc2[N+](=O)[O-])C1. The summed E-state index contributed by atoms with van der Waals surface area (Å²) in [5.41, 5.74) is 0.174. The maximum Gasteiger partial charge on any atom is 0.311 e. The van der Waals surface area contributed by atoms with Crippen LogP contribution in [0.5, 0.6) is 0 Å². The highest BCUT2D eigenvalue weighted by atomic mass is 35.5. The first kappa shape index (κ1) is 13.1. The number of nitrogens with zero attached hydrogens (tertiary/aromatic N) is 3. The Labute approximate surface area is 111 Å². The van der Waals surface area contributed by atoms with Gasteiger partial charge in [0.25, 0.3) is 0 Å². The number of rotatable bonds is 2. The van der Waals surface area contributed by atoms with Crippen LogP contribution in [-0.4, -0.2) is 23.0 Å². The van der Waals surface area contributed by atoms with E-state index in [9.17, 15) is 10.1 Å². The normalized spacial score (nSPS) is 18.7. The highest BCUT2D eigenvalue weighted by Gasteiger charge is 2.30. The second kappa shape index (κ2) is 4.72. The van der Waals surface area contributed by atoms with Crippen LogP contribution in [0.25, 0.3) is 0 Å². The Morgan fingerprint density at radius 3 is 2.83 bits per heavy atom. The van der Waals surface area contributed by atoms with Gasteiger partial charge < -0.3 is 4.90 Å². The third-order valence-electron chi connectivity index (χ3n) is 3.22. The van der Waals surface area contributed by atoms with Gasteiger partial charge in [-0.3, -0.25) is 10.1 Å². The summed E-state index contributed by atoms with van der Waals surface area (Å²) in [7, 11) is 0. The molecule has 5 nitrogen and oxygen atoms in total.